The maximum atomic E-state index is 13.8. The Hall–Kier alpha value is -2.15. The van der Waals surface area contributed by atoms with Gasteiger partial charge in [0.25, 0.3) is 0 Å². The van der Waals surface area contributed by atoms with Gasteiger partial charge in [-0.25, -0.2) is 18.7 Å². The van der Waals surface area contributed by atoms with Gasteiger partial charge in [-0.3, -0.25) is 9.88 Å². The Labute approximate surface area is 126 Å². The van der Waals surface area contributed by atoms with Crippen LogP contribution in [0.4, 0.5) is 14.6 Å². The number of rotatable bonds is 3. The van der Waals surface area contributed by atoms with Crippen molar-refractivity contribution in [2.45, 2.75) is 25.0 Å². The number of nitrogens with zero attached hydrogens (tertiary/aromatic N) is 5. The van der Waals surface area contributed by atoms with Crippen LogP contribution in [-0.4, -0.2) is 45.0 Å². The van der Waals surface area contributed by atoms with E-state index in [4.69, 9.17) is 0 Å². The lowest BCUT2D eigenvalue weighted by Gasteiger charge is -2.56. The summed E-state index contributed by atoms with van der Waals surface area (Å²) in [5.74, 6) is -0.290. The van der Waals surface area contributed by atoms with Gasteiger partial charge >= 0.3 is 0 Å². The molecule has 0 aromatic carbocycles. The van der Waals surface area contributed by atoms with Crippen molar-refractivity contribution < 1.29 is 8.78 Å². The van der Waals surface area contributed by atoms with E-state index in [2.05, 4.69) is 19.9 Å². The number of fused-ring (bicyclic) bond motifs is 2. The molecule has 7 heteroatoms. The summed E-state index contributed by atoms with van der Waals surface area (Å²) >= 11 is 0. The summed E-state index contributed by atoms with van der Waals surface area (Å²) in [7, 11) is 0. The summed E-state index contributed by atoms with van der Waals surface area (Å²) in [6.07, 6.45) is 5.18. The van der Waals surface area contributed by atoms with E-state index in [1.54, 1.807) is 12.3 Å². The standard InChI is InChI=1S/C15H15F2N5/c16-12-2-1-3-19-14(12)8-21-6-10-4-11(7-21)22(10)15-13(17)5-18-9-20-15/h1-3,5,9-11H,4,6-8H2. The van der Waals surface area contributed by atoms with E-state index >= 15 is 0 Å². The van der Waals surface area contributed by atoms with Crippen LogP contribution in [0.3, 0.4) is 0 Å². The molecular weight excluding hydrogens is 288 g/mol. The quantitative estimate of drug-likeness (QED) is 0.862. The third-order valence-electron chi connectivity index (χ3n) is 4.37. The van der Waals surface area contributed by atoms with E-state index in [-0.39, 0.29) is 23.7 Å². The highest BCUT2D eigenvalue weighted by atomic mass is 19.1. The van der Waals surface area contributed by atoms with Crippen molar-refractivity contribution in [2.75, 3.05) is 18.0 Å². The summed E-state index contributed by atoms with van der Waals surface area (Å²) in [5, 5.41) is 0. The zero-order chi connectivity index (χ0) is 15.1. The molecular formula is C15H15F2N5. The highest BCUT2D eigenvalue weighted by molar-refractivity contribution is 5.46. The molecule has 0 radical (unpaired) electrons. The lowest BCUT2D eigenvalue weighted by molar-refractivity contribution is 0.104. The van der Waals surface area contributed by atoms with Gasteiger partial charge in [-0.1, -0.05) is 0 Å². The minimum absolute atomic E-state index is 0.218. The first-order chi connectivity index (χ1) is 10.7. The van der Waals surface area contributed by atoms with Crippen LogP contribution in [-0.2, 0) is 6.54 Å². The Balaban J connectivity index is 1.47. The number of hydrogen-bond donors (Lipinski definition) is 0. The minimum Gasteiger partial charge on any atom is -0.345 e. The Bertz CT molecular complexity index is 683. The molecule has 0 amide bonds. The lowest BCUT2D eigenvalue weighted by atomic mass is 9.87. The van der Waals surface area contributed by atoms with Gasteiger partial charge in [-0.2, -0.15) is 0 Å². The van der Waals surface area contributed by atoms with Crippen molar-refractivity contribution in [1.29, 1.82) is 0 Å². The highest BCUT2D eigenvalue weighted by Crippen LogP contribution is 2.37. The topological polar surface area (TPSA) is 45.2 Å². The van der Waals surface area contributed by atoms with Crippen LogP contribution in [0.25, 0.3) is 0 Å². The summed E-state index contributed by atoms with van der Waals surface area (Å²) in [6, 6.07) is 3.45. The van der Waals surface area contributed by atoms with E-state index in [0.717, 1.165) is 19.5 Å². The molecule has 2 aromatic heterocycles. The van der Waals surface area contributed by atoms with E-state index in [1.165, 1.54) is 18.6 Å². The van der Waals surface area contributed by atoms with Crippen molar-refractivity contribution in [3.63, 3.8) is 0 Å². The Morgan fingerprint density at radius 2 is 1.95 bits per heavy atom. The molecule has 2 bridgehead atoms. The van der Waals surface area contributed by atoms with Gasteiger partial charge in [0.05, 0.1) is 11.9 Å². The SMILES string of the molecule is Fc1cccnc1CN1CC2CC(C1)N2c1ncncc1F. The predicted octanol–water partition coefficient (Wildman–Crippen LogP) is 1.61. The Morgan fingerprint density at radius 1 is 1.14 bits per heavy atom. The number of anilines is 1. The van der Waals surface area contributed by atoms with Gasteiger partial charge in [-0.15, -0.1) is 0 Å². The van der Waals surface area contributed by atoms with Gasteiger partial charge in [0.1, 0.15) is 12.1 Å². The molecule has 3 fully saturated rings. The van der Waals surface area contributed by atoms with E-state index < -0.39 is 0 Å². The summed E-state index contributed by atoms with van der Waals surface area (Å²) in [6.45, 7) is 2.01. The lowest BCUT2D eigenvalue weighted by Crippen LogP contribution is -2.69. The predicted molar refractivity (Wildman–Crippen MR) is 76.1 cm³/mol. The van der Waals surface area contributed by atoms with Crippen molar-refractivity contribution >= 4 is 5.82 Å². The average molecular weight is 303 g/mol. The van der Waals surface area contributed by atoms with Gasteiger partial charge in [0, 0.05) is 37.9 Å². The van der Waals surface area contributed by atoms with Crippen LogP contribution in [0.5, 0.6) is 0 Å². The molecule has 0 N–H and O–H groups in total. The first kappa shape index (κ1) is 13.5. The molecule has 114 valence electrons. The van der Waals surface area contributed by atoms with Crippen molar-refractivity contribution in [3.8, 4) is 0 Å². The zero-order valence-electron chi connectivity index (χ0n) is 11.9. The number of piperazine rings is 1. The van der Waals surface area contributed by atoms with Gasteiger partial charge in [0.2, 0.25) is 0 Å². The Morgan fingerprint density at radius 3 is 2.68 bits per heavy atom. The van der Waals surface area contributed by atoms with Crippen molar-refractivity contribution in [1.82, 2.24) is 19.9 Å². The van der Waals surface area contributed by atoms with Crippen LogP contribution in [0.1, 0.15) is 12.1 Å². The largest absolute Gasteiger partial charge is 0.345 e. The maximum absolute atomic E-state index is 13.8. The van der Waals surface area contributed by atoms with E-state index in [1.807, 2.05) is 4.90 Å². The zero-order valence-corrected chi connectivity index (χ0v) is 11.9. The minimum atomic E-state index is -0.388. The molecule has 2 aromatic rings. The van der Waals surface area contributed by atoms with Gasteiger partial charge in [-0.05, 0) is 18.6 Å². The number of piperidine rings is 1. The number of aromatic nitrogens is 3. The third-order valence-corrected chi connectivity index (χ3v) is 4.37. The fourth-order valence-corrected chi connectivity index (χ4v) is 3.41. The van der Waals surface area contributed by atoms with E-state index in [9.17, 15) is 8.78 Å². The summed E-state index contributed by atoms with van der Waals surface area (Å²) in [5.41, 5.74) is 0.462. The fourth-order valence-electron chi connectivity index (χ4n) is 3.41. The second-order valence-corrected chi connectivity index (χ2v) is 5.77. The number of pyridine rings is 1. The van der Waals surface area contributed by atoms with Crippen LogP contribution in [0.2, 0.25) is 0 Å². The van der Waals surface area contributed by atoms with Crippen LogP contribution < -0.4 is 4.90 Å². The molecule has 3 aliphatic heterocycles. The molecule has 0 spiro atoms. The smallest absolute Gasteiger partial charge is 0.183 e. The van der Waals surface area contributed by atoms with Crippen LogP contribution in [0, 0.1) is 11.6 Å². The second kappa shape index (κ2) is 5.24. The van der Waals surface area contributed by atoms with Gasteiger partial charge in [0.15, 0.2) is 11.6 Å². The Kier molecular flexibility index (Phi) is 3.22. The molecule has 22 heavy (non-hydrogen) atoms. The van der Waals surface area contributed by atoms with Crippen LogP contribution in [0.15, 0.2) is 30.9 Å². The normalized spacial score (nSPS) is 24.2. The number of hydrogen-bond acceptors (Lipinski definition) is 5. The molecule has 3 aliphatic rings. The molecule has 5 heterocycles. The molecule has 0 saturated carbocycles. The average Bonchev–Trinajstić information content (AvgIpc) is 2.52. The third kappa shape index (κ3) is 2.21. The maximum Gasteiger partial charge on any atom is 0.183 e. The first-order valence-electron chi connectivity index (χ1n) is 7.28. The molecule has 2 unspecified atom stereocenters. The molecule has 5 rings (SSSR count). The second-order valence-electron chi connectivity index (χ2n) is 5.77. The summed E-state index contributed by atoms with van der Waals surface area (Å²) < 4.78 is 27.5. The molecule has 2 atom stereocenters. The highest BCUT2D eigenvalue weighted by Gasteiger charge is 2.46. The molecule has 0 aliphatic carbocycles. The van der Waals surface area contributed by atoms with Crippen molar-refractivity contribution in [3.05, 3.63) is 48.2 Å². The monoisotopic (exact) mass is 303 g/mol. The summed E-state index contributed by atoms with van der Waals surface area (Å²) in [4.78, 5) is 16.0. The number of halogens is 2. The first-order valence-corrected chi connectivity index (χ1v) is 7.28. The molecule has 3 saturated heterocycles. The van der Waals surface area contributed by atoms with Crippen molar-refractivity contribution in [2.24, 2.45) is 0 Å². The van der Waals surface area contributed by atoms with Crippen LogP contribution >= 0.6 is 0 Å². The van der Waals surface area contributed by atoms with Gasteiger partial charge < -0.3 is 4.90 Å². The van der Waals surface area contributed by atoms with E-state index in [0.29, 0.717) is 18.1 Å². The fraction of sp³-hybridized carbons (Fsp3) is 0.400. The molecule has 5 nitrogen and oxygen atoms in total.